The van der Waals surface area contributed by atoms with E-state index in [4.69, 9.17) is 11.5 Å². The van der Waals surface area contributed by atoms with Crippen LogP contribution in [0.5, 0.6) is 0 Å². The summed E-state index contributed by atoms with van der Waals surface area (Å²) in [5.74, 6) is 0. The molecule has 0 aromatic heterocycles. The molecule has 0 bridgehead atoms. The van der Waals surface area contributed by atoms with E-state index in [2.05, 4.69) is 0 Å². The van der Waals surface area contributed by atoms with Crippen LogP contribution < -0.4 is 11.5 Å². The zero-order valence-electron chi connectivity index (χ0n) is 10.1. The second-order valence-electron chi connectivity index (χ2n) is 3.92. The highest BCUT2D eigenvalue weighted by Crippen LogP contribution is 2.21. The molecule has 4 N–H and O–H groups in total. The Morgan fingerprint density at radius 2 is 1.26 bits per heavy atom. The molecule has 0 spiro atoms. The number of hydrogen-bond acceptors (Lipinski definition) is 4. The highest BCUT2D eigenvalue weighted by atomic mass is 35.5. The smallest absolute Gasteiger partial charge is 0.206 e. The van der Waals surface area contributed by atoms with Gasteiger partial charge in [-0.25, -0.2) is 8.42 Å². The van der Waals surface area contributed by atoms with Crippen LogP contribution in [-0.4, -0.2) is 8.42 Å². The van der Waals surface area contributed by atoms with Crippen LogP contribution in [0.4, 0.5) is 5.69 Å². The van der Waals surface area contributed by atoms with E-state index in [0.717, 1.165) is 5.56 Å². The molecule has 0 fully saturated rings. The first kappa shape index (κ1) is 15.5. The van der Waals surface area contributed by atoms with Crippen molar-refractivity contribution < 1.29 is 8.42 Å². The number of sulfone groups is 1. The van der Waals surface area contributed by atoms with Crippen LogP contribution in [0.15, 0.2) is 58.3 Å². The van der Waals surface area contributed by atoms with Crippen molar-refractivity contribution in [3.8, 4) is 0 Å². The van der Waals surface area contributed by atoms with Crippen molar-refractivity contribution in [3.63, 3.8) is 0 Å². The van der Waals surface area contributed by atoms with Gasteiger partial charge in [-0.05, 0) is 42.0 Å². The minimum atomic E-state index is -3.48. The van der Waals surface area contributed by atoms with Gasteiger partial charge in [0.05, 0.1) is 9.79 Å². The molecule has 0 unspecified atom stereocenters. The van der Waals surface area contributed by atoms with E-state index in [-0.39, 0.29) is 22.2 Å². The van der Waals surface area contributed by atoms with Crippen LogP contribution in [0.25, 0.3) is 0 Å². The Hall–Kier alpha value is -1.56. The van der Waals surface area contributed by atoms with Crippen LogP contribution in [0.1, 0.15) is 5.56 Å². The van der Waals surface area contributed by atoms with Crippen molar-refractivity contribution in [1.29, 1.82) is 0 Å². The minimum Gasteiger partial charge on any atom is -0.399 e. The van der Waals surface area contributed by atoms with Gasteiger partial charge in [-0.3, -0.25) is 0 Å². The van der Waals surface area contributed by atoms with E-state index in [1.807, 2.05) is 0 Å². The molecular weight excluding hydrogens is 284 g/mol. The lowest BCUT2D eigenvalue weighted by molar-refractivity contribution is 0.596. The van der Waals surface area contributed by atoms with Gasteiger partial charge in [0.1, 0.15) is 0 Å². The van der Waals surface area contributed by atoms with E-state index in [0.29, 0.717) is 12.2 Å². The number of rotatable bonds is 3. The standard InChI is InChI=1S/C13H14N2O2S.ClH/c14-9-10-1-5-12(6-2-10)18(16,17)13-7-3-11(15)4-8-13;/h1-8H,9,14-15H2;1H. The molecule has 0 amide bonds. The molecule has 0 saturated heterocycles. The normalized spacial score (nSPS) is 10.8. The summed E-state index contributed by atoms with van der Waals surface area (Å²) in [6, 6.07) is 12.7. The summed E-state index contributed by atoms with van der Waals surface area (Å²) in [7, 11) is -3.48. The first-order valence-corrected chi connectivity index (χ1v) is 6.92. The molecule has 0 atom stereocenters. The van der Waals surface area contributed by atoms with Gasteiger partial charge in [0.15, 0.2) is 0 Å². The fourth-order valence-corrected chi connectivity index (χ4v) is 2.85. The number of halogens is 1. The van der Waals surface area contributed by atoms with Gasteiger partial charge in [-0.15, -0.1) is 12.4 Å². The monoisotopic (exact) mass is 298 g/mol. The molecule has 4 nitrogen and oxygen atoms in total. The molecule has 6 heteroatoms. The molecule has 0 aliphatic rings. The van der Waals surface area contributed by atoms with E-state index in [9.17, 15) is 8.42 Å². The van der Waals surface area contributed by atoms with Gasteiger partial charge >= 0.3 is 0 Å². The van der Waals surface area contributed by atoms with Crippen LogP contribution in [-0.2, 0) is 16.4 Å². The molecule has 102 valence electrons. The van der Waals surface area contributed by atoms with Crippen molar-refractivity contribution in [2.45, 2.75) is 16.3 Å². The Kier molecular flexibility index (Phi) is 4.94. The lowest BCUT2D eigenvalue weighted by Crippen LogP contribution is -2.03. The maximum Gasteiger partial charge on any atom is 0.206 e. The summed E-state index contributed by atoms with van der Waals surface area (Å²) in [6.07, 6.45) is 0. The summed E-state index contributed by atoms with van der Waals surface area (Å²) >= 11 is 0. The minimum absolute atomic E-state index is 0. The molecule has 0 aliphatic carbocycles. The summed E-state index contributed by atoms with van der Waals surface area (Å²) < 4.78 is 24.5. The van der Waals surface area contributed by atoms with E-state index < -0.39 is 9.84 Å². The highest BCUT2D eigenvalue weighted by molar-refractivity contribution is 7.91. The Labute approximate surface area is 118 Å². The molecule has 2 aromatic carbocycles. The fraction of sp³-hybridized carbons (Fsp3) is 0.0769. The average Bonchev–Trinajstić information content (AvgIpc) is 2.39. The lowest BCUT2D eigenvalue weighted by atomic mass is 10.2. The summed E-state index contributed by atoms with van der Waals surface area (Å²) in [4.78, 5) is 0.488. The zero-order chi connectivity index (χ0) is 13.2. The van der Waals surface area contributed by atoms with Gasteiger partial charge in [0.25, 0.3) is 0 Å². The summed E-state index contributed by atoms with van der Waals surface area (Å²) in [5.41, 5.74) is 12.4. The molecular formula is C13H15ClN2O2S. The molecule has 2 rings (SSSR count). The first-order chi connectivity index (χ1) is 8.54. The first-order valence-electron chi connectivity index (χ1n) is 5.43. The molecule has 0 aliphatic heterocycles. The predicted octanol–water partition coefficient (Wildman–Crippen LogP) is 1.98. The van der Waals surface area contributed by atoms with Crippen LogP contribution in [0, 0.1) is 0 Å². The Morgan fingerprint density at radius 3 is 1.68 bits per heavy atom. The lowest BCUT2D eigenvalue weighted by Gasteiger charge is -2.05. The van der Waals surface area contributed by atoms with Crippen molar-refractivity contribution in [1.82, 2.24) is 0 Å². The van der Waals surface area contributed by atoms with Gasteiger partial charge < -0.3 is 11.5 Å². The van der Waals surface area contributed by atoms with Gasteiger partial charge in [0, 0.05) is 12.2 Å². The third-order valence-electron chi connectivity index (χ3n) is 2.66. The van der Waals surface area contributed by atoms with Gasteiger partial charge in [0.2, 0.25) is 9.84 Å². The Morgan fingerprint density at radius 1 is 0.842 bits per heavy atom. The number of nitrogen functional groups attached to an aromatic ring is 1. The quantitative estimate of drug-likeness (QED) is 0.848. The van der Waals surface area contributed by atoms with Gasteiger partial charge in [-0.1, -0.05) is 12.1 Å². The van der Waals surface area contributed by atoms with E-state index >= 15 is 0 Å². The van der Waals surface area contributed by atoms with Crippen molar-refractivity contribution in [2.24, 2.45) is 5.73 Å². The predicted molar refractivity (Wildman–Crippen MR) is 77.9 cm³/mol. The zero-order valence-corrected chi connectivity index (χ0v) is 11.7. The second-order valence-corrected chi connectivity index (χ2v) is 5.87. The number of benzene rings is 2. The van der Waals surface area contributed by atoms with Crippen LogP contribution in [0.2, 0.25) is 0 Å². The SMILES string of the molecule is Cl.NCc1ccc(S(=O)(=O)c2ccc(N)cc2)cc1. The van der Waals surface area contributed by atoms with E-state index in [1.165, 1.54) is 12.1 Å². The topological polar surface area (TPSA) is 86.2 Å². The van der Waals surface area contributed by atoms with Crippen molar-refractivity contribution in [3.05, 3.63) is 54.1 Å². The summed E-state index contributed by atoms with van der Waals surface area (Å²) in [6.45, 7) is 0.391. The molecule has 0 saturated carbocycles. The van der Waals surface area contributed by atoms with Gasteiger partial charge in [-0.2, -0.15) is 0 Å². The Bertz CT molecular complexity index is 637. The third-order valence-corrected chi connectivity index (χ3v) is 4.45. The van der Waals surface area contributed by atoms with Crippen LogP contribution >= 0.6 is 12.4 Å². The second kappa shape index (κ2) is 6.06. The summed E-state index contributed by atoms with van der Waals surface area (Å²) in [5, 5.41) is 0. The van der Waals surface area contributed by atoms with Crippen LogP contribution in [0.3, 0.4) is 0 Å². The molecule has 19 heavy (non-hydrogen) atoms. The number of nitrogens with two attached hydrogens (primary N) is 2. The fourth-order valence-electron chi connectivity index (χ4n) is 1.59. The average molecular weight is 299 g/mol. The molecule has 2 aromatic rings. The number of anilines is 1. The maximum atomic E-state index is 12.3. The third kappa shape index (κ3) is 3.26. The van der Waals surface area contributed by atoms with Crippen molar-refractivity contribution in [2.75, 3.05) is 5.73 Å². The molecule has 0 radical (unpaired) electrons. The molecule has 0 heterocycles. The van der Waals surface area contributed by atoms with E-state index in [1.54, 1.807) is 36.4 Å². The highest BCUT2D eigenvalue weighted by Gasteiger charge is 2.16. The largest absolute Gasteiger partial charge is 0.399 e. The Balaban J connectivity index is 0.00000180. The number of hydrogen-bond donors (Lipinski definition) is 2. The van der Waals surface area contributed by atoms with Crippen molar-refractivity contribution >= 4 is 27.9 Å². The maximum absolute atomic E-state index is 12.3.